The number of carbonyl (C=O) groups is 2. The van der Waals surface area contributed by atoms with Crippen LogP contribution in [-0.4, -0.2) is 25.2 Å². The number of amides is 2. The van der Waals surface area contributed by atoms with Crippen molar-refractivity contribution in [2.45, 2.75) is 6.92 Å². The fourth-order valence-corrected chi connectivity index (χ4v) is 1.03. The number of nitrogens with one attached hydrogen (secondary N) is 2. The van der Waals surface area contributed by atoms with Gasteiger partial charge in [0.05, 0.1) is 6.61 Å². The summed E-state index contributed by atoms with van der Waals surface area (Å²) in [7, 11) is 0. The van der Waals surface area contributed by atoms with Gasteiger partial charge in [-0.1, -0.05) is 6.07 Å². The second-order valence-electron chi connectivity index (χ2n) is 3.14. The van der Waals surface area contributed by atoms with Crippen molar-refractivity contribution in [3.05, 3.63) is 30.1 Å². The lowest BCUT2D eigenvalue weighted by Gasteiger charge is -2.08. The average Bonchev–Trinajstić information content (AvgIpc) is 2.34. The molecule has 18 heavy (non-hydrogen) atoms. The summed E-state index contributed by atoms with van der Waals surface area (Å²) in [5.74, 6) is -0.828. The molecule has 0 saturated carbocycles. The first-order chi connectivity index (χ1) is 8.61. The average molecular weight is 256 g/mol. The quantitative estimate of drug-likeness (QED) is 0.787. The SMILES string of the molecule is CCOC(=O)NNC(=O)COc1cccc(F)c1. The Kier molecular flexibility index (Phi) is 5.43. The van der Waals surface area contributed by atoms with Crippen molar-refractivity contribution in [1.82, 2.24) is 10.9 Å². The van der Waals surface area contributed by atoms with E-state index in [0.717, 1.165) is 6.07 Å². The molecule has 0 aliphatic rings. The van der Waals surface area contributed by atoms with Gasteiger partial charge >= 0.3 is 6.09 Å². The van der Waals surface area contributed by atoms with Gasteiger partial charge in [-0.05, 0) is 19.1 Å². The molecule has 0 heterocycles. The smallest absolute Gasteiger partial charge is 0.426 e. The normalized spacial score (nSPS) is 9.44. The zero-order valence-electron chi connectivity index (χ0n) is 9.73. The molecule has 1 aromatic carbocycles. The maximum atomic E-state index is 12.8. The molecule has 6 nitrogen and oxygen atoms in total. The third kappa shape index (κ3) is 5.15. The maximum Gasteiger partial charge on any atom is 0.426 e. The number of hydrazine groups is 1. The highest BCUT2D eigenvalue weighted by atomic mass is 19.1. The number of halogens is 1. The highest BCUT2D eigenvalue weighted by molar-refractivity contribution is 5.80. The summed E-state index contributed by atoms with van der Waals surface area (Å²) >= 11 is 0. The van der Waals surface area contributed by atoms with Gasteiger partial charge in [0.2, 0.25) is 0 Å². The molecule has 1 aromatic rings. The lowest BCUT2D eigenvalue weighted by Crippen LogP contribution is -2.44. The minimum atomic E-state index is -0.767. The van der Waals surface area contributed by atoms with Crippen molar-refractivity contribution in [2.24, 2.45) is 0 Å². The lowest BCUT2D eigenvalue weighted by atomic mass is 10.3. The van der Waals surface area contributed by atoms with Gasteiger partial charge in [0, 0.05) is 6.07 Å². The van der Waals surface area contributed by atoms with Gasteiger partial charge in [-0.25, -0.2) is 14.6 Å². The van der Waals surface area contributed by atoms with E-state index < -0.39 is 17.8 Å². The van der Waals surface area contributed by atoms with E-state index >= 15 is 0 Å². The van der Waals surface area contributed by atoms with Crippen molar-refractivity contribution in [1.29, 1.82) is 0 Å². The van der Waals surface area contributed by atoms with E-state index in [2.05, 4.69) is 10.2 Å². The van der Waals surface area contributed by atoms with Crippen molar-refractivity contribution < 1.29 is 23.5 Å². The third-order valence-electron chi connectivity index (χ3n) is 1.75. The molecule has 0 bridgehead atoms. The molecule has 0 aromatic heterocycles. The van der Waals surface area contributed by atoms with Crippen LogP contribution in [-0.2, 0) is 9.53 Å². The molecule has 2 amide bonds. The van der Waals surface area contributed by atoms with Crippen molar-refractivity contribution in [2.75, 3.05) is 13.2 Å². The van der Waals surface area contributed by atoms with Crippen LogP contribution in [0.15, 0.2) is 24.3 Å². The second kappa shape index (κ2) is 7.10. The van der Waals surface area contributed by atoms with E-state index in [1.807, 2.05) is 5.43 Å². The molecule has 1 rings (SSSR count). The van der Waals surface area contributed by atoms with Crippen LogP contribution >= 0.6 is 0 Å². The van der Waals surface area contributed by atoms with E-state index in [4.69, 9.17) is 4.74 Å². The number of rotatable bonds is 4. The van der Waals surface area contributed by atoms with Crippen molar-refractivity contribution in [3.8, 4) is 5.75 Å². The molecule has 0 spiro atoms. The summed E-state index contributed by atoms with van der Waals surface area (Å²) in [4.78, 5) is 22.0. The van der Waals surface area contributed by atoms with Gasteiger partial charge in [0.1, 0.15) is 11.6 Å². The Morgan fingerprint density at radius 3 is 2.78 bits per heavy atom. The first kappa shape index (κ1) is 13.8. The molecule has 0 aliphatic carbocycles. The Morgan fingerprint density at radius 1 is 1.33 bits per heavy atom. The summed E-state index contributed by atoms with van der Waals surface area (Å²) in [6.45, 7) is 1.48. The Bertz CT molecular complexity index is 425. The summed E-state index contributed by atoms with van der Waals surface area (Å²) in [5, 5.41) is 0. The summed E-state index contributed by atoms with van der Waals surface area (Å²) in [5.41, 5.74) is 4.09. The highest BCUT2D eigenvalue weighted by Crippen LogP contribution is 2.11. The predicted octanol–water partition coefficient (Wildman–Crippen LogP) is 0.982. The predicted molar refractivity (Wildman–Crippen MR) is 60.2 cm³/mol. The number of ether oxygens (including phenoxy) is 2. The van der Waals surface area contributed by atoms with Crippen LogP contribution in [0, 0.1) is 5.82 Å². The minimum Gasteiger partial charge on any atom is -0.484 e. The van der Waals surface area contributed by atoms with Crippen LogP contribution in [0.1, 0.15) is 6.92 Å². The summed E-state index contributed by atoms with van der Waals surface area (Å²) < 4.78 is 22.3. The van der Waals surface area contributed by atoms with E-state index in [1.165, 1.54) is 18.2 Å². The Balaban J connectivity index is 2.27. The first-order valence-corrected chi connectivity index (χ1v) is 5.21. The topological polar surface area (TPSA) is 76.7 Å². The first-order valence-electron chi connectivity index (χ1n) is 5.21. The van der Waals surface area contributed by atoms with Gasteiger partial charge in [0.15, 0.2) is 6.61 Å². The molecule has 0 atom stereocenters. The molecule has 0 radical (unpaired) electrons. The summed E-state index contributed by atoms with van der Waals surface area (Å²) in [6, 6.07) is 5.37. The molecule has 0 unspecified atom stereocenters. The van der Waals surface area contributed by atoms with Crippen LogP contribution in [0.2, 0.25) is 0 Å². The van der Waals surface area contributed by atoms with Crippen molar-refractivity contribution in [3.63, 3.8) is 0 Å². The van der Waals surface area contributed by atoms with Gasteiger partial charge in [-0.3, -0.25) is 10.2 Å². The number of hydrogen-bond donors (Lipinski definition) is 2. The van der Waals surface area contributed by atoms with E-state index in [9.17, 15) is 14.0 Å². The zero-order chi connectivity index (χ0) is 13.4. The third-order valence-corrected chi connectivity index (χ3v) is 1.75. The Hall–Kier alpha value is -2.31. The molecule has 0 aliphatic heterocycles. The molecule has 98 valence electrons. The largest absolute Gasteiger partial charge is 0.484 e. The maximum absolute atomic E-state index is 12.8. The summed E-state index contributed by atoms with van der Waals surface area (Å²) in [6.07, 6.45) is -0.767. The fourth-order valence-electron chi connectivity index (χ4n) is 1.03. The van der Waals surface area contributed by atoms with Crippen LogP contribution in [0.4, 0.5) is 9.18 Å². The van der Waals surface area contributed by atoms with Gasteiger partial charge in [-0.2, -0.15) is 0 Å². The second-order valence-corrected chi connectivity index (χ2v) is 3.14. The monoisotopic (exact) mass is 256 g/mol. The number of carbonyl (C=O) groups excluding carboxylic acids is 2. The Morgan fingerprint density at radius 2 is 2.11 bits per heavy atom. The van der Waals surface area contributed by atoms with E-state index in [-0.39, 0.29) is 19.0 Å². The fraction of sp³-hybridized carbons (Fsp3) is 0.273. The minimum absolute atomic E-state index is 0.196. The van der Waals surface area contributed by atoms with Crippen LogP contribution in [0.5, 0.6) is 5.75 Å². The van der Waals surface area contributed by atoms with Crippen LogP contribution in [0.25, 0.3) is 0 Å². The molecule has 7 heteroatoms. The van der Waals surface area contributed by atoms with E-state index in [0.29, 0.717) is 0 Å². The van der Waals surface area contributed by atoms with Gasteiger partial charge < -0.3 is 9.47 Å². The lowest BCUT2D eigenvalue weighted by molar-refractivity contribution is -0.124. The molecule has 2 N–H and O–H groups in total. The molecule has 0 fully saturated rings. The number of hydrogen-bond acceptors (Lipinski definition) is 4. The Labute approximate surface area is 103 Å². The molecular formula is C11H13FN2O4. The van der Waals surface area contributed by atoms with Gasteiger partial charge in [0.25, 0.3) is 5.91 Å². The molecular weight excluding hydrogens is 243 g/mol. The van der Waals surface area contributed by atoms with Crippen LogP contribution < -0.4 is 15.6 Å². The van der Waals surface area contributed by atoms with Crippen LogP contribution in [0.3, 0.4) is 0 Å². The van der Waals surface area contributed by atoms with Crippen molar-refractivity contribution >= 4 is 12.0 Å². The zero-order valence-corrected chi connectivity index (χ0v) is 9.73. The number of benzene rings is 1. The standard InChI is InChI=1S/C11H13FN2O4/c1-2-17-11(16)14-13-10(15)7-18-9-5-3-4-8(12)6-9/h3-6H,2,7H2,1H3,(H,13,15)(H,14,16). The highest BCUT2D eigenvalue weighted by Gasteiger charge is 2.05. The van der Waals surface area contributed by atoms with Gasteiger partial charge in [-0.15, -0.1) is 0 Å². The molecule has 0 saturated heterocycles. The van der Waals surface area contributed by atoms with E-state index in [1.54, 1.807) is 6.92 Å².